The van der Waals surface area contributed by atoms with Gasteiger partial charge in [-0.15, -0.1) is 0 Å². The highest BCUT2D eigenvalue weighted by molar-refractivity contribution is 7.88. The number of benzene rings is 1. The van der Waals surface area contributed by atoms with Gasteiger partial charge in [0, 0.05) is 32.1 Å². The summed E-state index contributed by atoms with van der Waals surface area (Å²) in [6.07, 6.45) is 1.05. The normalized spacial score (nSPS) is 11.1. The number of halogens is 1. The first-order valence-electron chi connectivity index (χ1n) is 6.34. The van der Waals surface area contributed by atoms with Crippen molar-refractivity contribution in [2.75, 3.05) is 38.5 Å². The zero-order chi connectivity index (χ0) is 16.9. The van der Waals surface area contributed by atoms with E-state index in [1.807, 2.05) is 0 Å². The average molecular weight is 351 g/mol. The van der Waals surface area contributed by atoms with Gasteiger partial charge in [0.15, 0.2) is 0 Å². The molecule has 0 aliphatic carbocycles. The van der Waals surface area contributed by atoms with Crippen molar-refractivity contribution in [3.05, 3.63) is 17.2 Å². The number of ether oxygens (including phenoxy) is 2. The molecule has 124 valence electrons. The number of sulfonamides is 1. The molecule has 1 amide bonds. The summed E-state index contributed by atoms with van der Waals surface area (Å²) in [7, 11) is -0.416. The molecule has 0 saturated heterocycles. The maximum atomic E-state index is 11.9. The second-order valence-corrected chi connectivity index (χ2v) is 6.74. The molecule has 0 unspecified atom stereocenters. The standard InChI is InChI=1S/C13H19ClN2O5S/c1-9(17)16(6-5-15-22(4,18)19)11-8-12(20-2)10(14)7-13(11)21-3/h7-8,15H,5-6H2,1-4H3. The van der Waals surface area contributed by atoms with Gasteiger partial charge in [0.05, 0.1) is 31.2 Å². The summed E-state index contributed by atoms with van der Waals surface area (Å²) in [5.41, 5.74) is 0.451. The Morgan fingerprint density at radius 1 is 1.27 bits per heavy atom. The minimum Gasteiger partial charge on any atom is -0.495 e. The summed E-state index contributed by atoms with van der Waals surface area (Å²) >= 11 is 6.03. The van der Waals surface area contributed by atoms with Crippen LogP contribution in [0.3, 0.4) is 0 Å². The van der Waals surface area contributed by atoms with E-state index in [4.69, 9.17) is 21.1 Å². The molecule has 1 aromatic rings. The Kier molecular flexibility index (Phi) is 6.46. The van der Waals surface area contributed by atoms with Gasteiger partial charge in [-0.2, -0.15) is 0 Å². The highest BCUT2D eigenvalue weighted by Gasteiger charge is 2.19. The van der Waals surface area contributed by atoms with Gasteiger partial charge in [-0.25, -0.2) is 13.1 Å². The Labute approximate surface area is 135 Å². The minimum absolute atomic E-state index is 0.0759. The molecule has 0 atom stereocenters. The van der Waals surface area contributed by atoms with E-state index in [1.165, 1.54) is 32.1 Å². The van der Waals surface area contributed by atoms with Crippen LogP contribution in [0.25, 0.3) is 0 Å². The highest BCUT2D eigenvalue weighted by Crippen LogP contribution is 2.38. The van der Waals surface area contributed by atoms with E-state index in [9.17, 15) is 13.2 Å². The number of methoxy groups -OCH3 is 2. The number of nitrogens with zero attached hydrogens (tertiary/aromatic N) is 1. The summed E-state index contributed by atoms with van der Waals surface area (Å²) in [6.45, 7) is 1.59. The third-order valence-corrected chi connectivity index (χ3v) is 3.85. The Balaban J connectivity index is 3.12. The van der Waals surface area contributed by atoms with Crippen LogP contribution in [0.2, 0.25) is 5.02 Å². The first kappa shape index (κ1) is 18.5. The second-order valence-electron chi connectivity index (χ2n) is 4.50. The molecule has 7 nitrogen and oxygen atoms in total. The van der Waals surface area contributed by atoms with Gasteiger partial charge in [0.25, 0.3) is 0 Å². The number of hydrogen-bond acceptors (Lipinski definition) is 5. The largest absolute Gasteiger partial charge is 0.495 e. The summed E-state index contributed by atoms with van der Waals surface area (Å²) in [5.74, 6) is 0.512. The Hall–Kier alpha value is -1.51. The van der Waals surface area contributed by atoms with Crippen molar-refractivity contribution in [2.45, 2.75) is 6.92 Å². The summed E-state index contributed by atoms with van der Waals surface area (Å²) < 4.78 is 34.9. The lowest BCUT2D eigenvalue weighted by atomic mass is 10.2. The highest BCUT2D eigenvalue weighted by atomic mass is 35.5. The topological polar surface area (TPSA) is 84.9 Å². The molecule has 0 saturated carbocycles. The van der Waals surface area contributed by atoms with E-state index in [1.54, 1.807) is 6.07 Å². The molecule has 0 bridgehead atoms. The second kappa shape index (κ2) is 7.66. The average Bonchev–Trinajstić information content (AvgIpc) is 2.42. The molecule has 0 aliphatic rings. The molecule has 0 spiro atoms. The van der Waals surface area contributed by atoms with Gasteiger partial charge >= 0.3 is 0 Å². The zero-order valence-electron chi connectivity index (χ0n) is 12.8. The van der Waals surface area contributed by atoms with E-state index in [-0.39, 0.29) is 19.0 Å². The zero-order valence-corrected chi connectivity index (χ0v) is 14.4. The third kappa shape index (κ3) is 5.04. The van der Waals surface area contributed by atoms with Crippen molar-refractivity contribution in [2.24, 2.45) is 0 Å². The summed E-state index contributed by atoms with van der Waals surface area (Å²) in [6, 6.07) is 3.11. The first-order valence-corrected chi connectivity index (χ1v) is 8.60. The van der Waals surface area contributed by atoms with Crippen LogP contribution in [0.5, 0.6) is 11.5 Å². The lowest BCUT2D eigenvalue weighted by Crippen LogP contribution is -2.37. The van der Waals surface area contributed by atoms with Crippen LogP contribution < -0.4 is 19.1 Å². The van der Waals surface area contributed by atoms with E-state index in [2.05, 4.69) is 4.72 Å². The Bertz CT molecular complexity index is 648. The molecule has 22 heavy (non-hydrogen) atoms. The smallest absolute Gasteiger partial charge is 0.224 e. The molecular weight excluding hydrogens is 332 g/mol. The van der Waals surface area contributed by atoms with Crippen LogP contribution in [0.1, 0.15) is 6.92 Å². The van der Waals surface area contributed by atoms with E-state index < -0.39 is 10.0 Å². The Morgan fingerprint density at radius 2 is 1.86 bits per heavy atom. The molecule has 0 heterocycles. The molecule has 1 rings (SSSR count). The maximum absolute atomic E-state index is 11.9. The summed E-state index contributed by atoms with van der Waals surface area (Å²) in [4.78, 5) is 13.3. The van der Waals surface area contributed by atoms with Gasteiger partial charge in [-0.3, -0.25) is 4.79 Å². The lowest BCUT2D eigenvalue weighted by Gasteiger charge is -2.24. The number of amides is 1. The Morgan fingerprint density at radius 3 is 2.32 bits per heavy atom. The van der Waals surface area contributed by atoms with Crippen molar-refractivity contribution in [1.29, 1.82) is 0 Å². The maximum Gasteiger partial charge on any atom is 0.224 e. The molecule has 0 fully saturated rings. The molecule has 0 aliphatic heterocycles. The number of hydrogen-bond donors (Lipinski definition) is 1. The van der Waals surface area contributed by atoms with Crippen LogP contribution in [0, 0.1) is 0 Å². The van der Waals surface area contributed by atoms with Crippen molar-refractivity contribution in [3.63, 3.8) is 0 Å². The van der Waals surface area contributed by atoms with Crippen LogP contribution in [-0.4, -0.2) is 47.9 Å². The fraction of sp³-hybridized carbons (Fsp3) is 0.462. The van der Waals surface area contributed by atoms with Crippen LogP contribution in [0.15, 0.2) is 12.1 Å². The first-order chi connectivity index (χ1) is 10.2. The van der Waals surface area contributed by atoms with Gasteiger partial charge in [0.1, 0.15) is 11.5 Å². The molecular formula is C13H19ClN2O5S. The predicted octanol–water partition coefficient (Wildman–Crippen LogP) is 1.26. The number of nitrogens with one attached hydrogen (secondary N) is 1. The molecule has 0 radical (unpaired) electrons. The SMILES string of the molecule is COc1cc(N(CCNS(C)(=O)=O)C(C)=O)c(OC)cc1Cl. The van der Waals surface area contributed by atoms with Gasteiger partial charge in [-0.1, -0.05) is 11.6 Å². The van der Waals surface area contributed by atoms with Crippen molar-refractivity contribution >= 4 is 33.2 Å². The van der Waals surface area contributed by atoms with Crippen molar-refractivity contribution < 1.29 is 22.7 Å². The van der Waals surface area contributed by atoms with Gasteiger partial charge < -0.3 is 14.4 Å². The van der Waals surface area contributed by atoms with Gasteiger partial charge in [-0.05, 0) is 0 Å². The minimum atomic E-state index is -3.33. The van der Waals surface area contributed by atoms with E-state index in [0.717, 1.165) is 6.26 Å². The van der Waals surface area contributed by atoms with Gasteiger partial charge in [0.2, 0.25) is 15.9 Å². The van der Waals surface area contributed by atoms with E-state index in [0.29, 0.717) is 22.2 Å². The van der Waals surface area contributed by atoms with Crippen LogP contribution >= 0.6 is 11.6 Å². The fourth-order valence-electron chi connectivity index (χ4n) is 1.85. The number of anilines is 1. The van der Waals surface area contributed by atoms with E-state index >= 15 is 0 Å². The number of carbonyl (C=O) groups is 1. The molecule has 1 N–H and O–H groups in total. The van der Waals surface area contributed by atoms with Crippen molar-refractivity contribution in [3.8, 4) is 11.5 Å². The van der Waals surface area contributed by atoms with Crippen LogP contribution in [0.4, 0.5) is 5.69 Å². The molecule has 0 aromatic heterocycles. The number of rotatable bonds is 7. The quantitative estimate of drug-likeness (QED) is 0.800. The summed E-state index contributed by atoms with van der Waals surface area (Å²) in [5, 5.41) is 0.348. The monoisotopic (exact) mass is 350 g/mol. The van der Waals surface area contributed by atoms with Crippen LogP contribution in [-0.2, 0) is 14.8 Å². The molecule has 1 aromatic carbocycles. The molecule has 9 heteroatoms. The lowest BCUT2D eigenvalue weighted by molar-refractivity contribution is -0.116. The third-order valence-electron chi connectivity index (χ3n) is 2.82. The fourth-order valence-corrected chi connectivity index (χ4v) is 2.54. The predicted molar refractivity (Wildman–Crippen MR) is 85.4 cm³/mol. The van der Waals surface area contributed by atoms with Crippen molar-refractivity contribution in [1.82, 2.24) is 4.72 Å². The number of carbonyl (C=O) groups excluding carboxylic acids is 1.